The number of phenols is 1. The van der Waals surface area contributed by atoms with Crippen molar-refractivity contribution in [2.75, 3.05) is 19.6 Å². The Balaban J connectivity index is 0.00000126. The van der Waals surface area contributed by atoms with Gasteiger partial charge in [0, 0.05) is 32.6 Å². The van der Waals surface area contributed by atoms with Crippen LogP contribution >= 0.6 is 0 Å². The fourth-order valence-electron chi connectivity index (χ4n) is 4.57. The highest BCUT2D eigenvalue weighted by molar-refractivity contribution is 5.95. The van der Waals surface area contributed by atoms with E-state index in [2.05, 4.69) is 31.6 Å². The first-order chi connectivity index (χ1) is 25.2. The molecule has 3 rings (SSSR count). The first-order valence-electron chi connectivity index (χ1n) is 16.6. The average Bonchev–Trinajstić information content (AvgIpc) is 3.13. The van der Waals surface area contributed by atoms with E-state index in [1.165, 1.54) is 12.1 Å². The average molecular weight is 744 g/mol. The molecule has 0 aliphatic carbocycles. The molecule has 0 aliphatic heterocycles. The van der Waals surface area contributed by atoms with Crippen LogP contribution in [0.3, 0.4) is 0 Å². The van der Waals surface area contributed by atoms with Gasteiger partial charge in [-0.15, -0.1) is 0 Å². The van der Waals surface area contributed by atoms with Gasteiger partial charge in [0.25, 0.3) is 0 Å². The zero-order chi connectivity index (χ0) is 39.2. The molecule has 53 heavy (non-hydrogen) atoms. The van der Waals surface area contributed by atoms with Crippen LogP contribution in [0.25, 0.3) is 0 Å². The Labute approximate surface area is 304 Å². The summed E-state index contributed by atoms with van der Waals surface area (Å²) < 4.78 is 31.7. The lowest BCUT2D eigenvalue weighted by atomic mass is 9.90. The summed E-state index contributed by atoms with van der Waals surface area (Å²) in [5, 5.41) is 30.3. The number of halogens is 3. The van der Waals surface area contributed by atoms with Crippen LogP contribution in [0.5, 0.6) is 5.75 Å². The maximum atomic E-state index is 13.8. The lowest BCUT2D eigenvalue weighted by Gasteiger charge is -2.23. The van der Waals surface area contributed by atoms with Crippen molar-refractivity contribution in [3.8, 4) is 5.75 Å². The zero-order valence-corrected chi connectivity index (χ0v) is 29.0. The molecule has 3 aromatic rings. The Hall–Kier alpha value is -6.13. The molecule has 0 heterocycles. The highest BCUT2D eigenvalue weighted by atomic mass is 19.4. The summed E-state index contributed by atoms with van der Waals surface area (Å²) in [6.07, 6.45) is -3.47. The highest BCUT2D eigenvalue weighted by Gasteiger charge is 2.38. The van der Waals surface area contributed by atoms with E-state index in [1.54, 1.807) is 19.1 Å². The SMILES string of the molecule is CCC(=O)NCCCNC(=O)NC(N)=NCCC[C@@H](NC(=O)C(c1ccccc1)c1ccccc1)C(=O)NCc1ccc(O)cc1.O=C(O)C(F)(F)F. The van der Waals surface area contributed by atoms with Crippen LogP contribution in [0.15, 0.2) is 89.9 Å². The summed E-state index contributed by atoms with van der Waals surface area (Å²) in [5.74, 6) is -4.09. The Bertz CT molecular complexity index is 1600. The number of carbonyl (C=O) groups is 5. The number of alkyl halides is 3. The summed E-state index contributed by atoms with van der Waals surface area (Å²) in [6.45, 7) is 2.97. The number of guanidine groups is 1. The van der Waals surface area contributed by atoms with Gasteiger partial charge in [-0.1, -0.05) is 79.7 Å². The summed E-state index contributed by atoms with van der Waals surface area (Å²) in [4.78, 5) is 63.6. The number of aliphatic imine (C=N–C) groups is 1. The molecule has 0 radical (unpaired) electrons. The molecule has 286 valence electrons. The Morgan fingerprint density at radius 2 is 1.34 bits per heavy atom. The molecule has 0 unspecified atom stereocenters. The standard InChI is InChI=1S/C34H43N7O5.C2HF3O2/c1-2-29(43)36-21-10-22-38-34(46)41-33(35)37-20-9-15-28(31(44)39-23-24-16-18-27(42)19-17-24)40-32(45)30(25-11-5-3-6-12-25)26-13-7-4-8-14-26;3-2(4,5)1(6)7/h3-8,11-14,16-19,28,30,42H,2,9-10,15,20-23H2,1H3,(H,36,43)(H,39,44)(H,40,45)(H4,35,37,38,41,46);(H,6,7)/t28-;/m1./s1. The number of hydrogen-bond acceptors (Lipinski definition) is 7. The molecule has 0 spiro atoms. The number of carbonyl (C=O) groups excluding carboxylic acids is 4. The van der Waals surface area contributed by atoms with E-state index < -0.39 is 30.1 Å². The molecule has 5 amide bonds. The summed E-state index contributed by atoms with van der Waals surface area (Å²) in [5.41, 5.74) is 8.24. The molecule has 0 bridgehead atoms. The van der Waals surface area contributed by atoms with Gasteiger partial charge in [0.2, 0.25) is 17.7 Å². The maximum Gasteiger partial charge on any atom is 0.490 e. The Kier molecular flexibility index (Phi) is 18.4. The molecule has 1 atom stereocenters. The van der Waals surface area contributed by atoms with E-state index in [9.17, 15) is 37.5 Å². The van der Waals surface area contributed by atoms with Gasteiger partial charge in [-0.05, 0) is 48.1 Å². The number of benzene rings is 3. The van der Waals surface area contributed by atoms with Crippen LogP contribution in [0.4, 0.5) is 18.0 Å². The quantitative estimate of drug-likeness (QED) is 0.0616. The van der Waals surface area contributed by atoms with Gasteiger partial charge in [0.15, 0.2) is 5.96 Å². The number of nitrogens with zero attached hydrogens (tertiary/aromatic N) is 1. The number of aromatic hydroxyl groups is 1. The van der Waals surface area contributed by atoms with Gasteiger partial charge in [0.1, 0.15) is 11.8 Å². The highest BCUT2D eigenvalue weighted by Crippen LogP contribution is 2.25. The molecule has 0 aliphatic rings. The second-order valence-corrected chi connectivity index (χ2v) is 11.3. The largest absolute Gasteiger partial charge is 0.508 e. The molecule has 0 fully saturated rings. The Morgan fingerprint density at radius 3 is 1.87 bits per heavy atom. The van der Waals surface area contributed by atoms with Gasteiger partial charge < -0.3 is 37.2 Å². The van der Waals surface area contributed by atoms with Crippen molar-refractivity contribution in [1.82, 2.24) is 26.6 Å². The first kappa shape index (κ1) is 43.0. The molecule has 0 saturated heterocycles. The minimum absolute atomic E-state index is 0.0512. The van der Waals surface area contributed by atoms with Gasteiger partial charge in [-0.2, -0.15) is 13.2 Å². The fourth-order valence-corrected chi connectivity index (χ4v) is 4.57. The zero-order valence-electron chi connectivity index (χ0n) is 29.0. The number of carboxylic acids is 1. The van der Waals surface area contributed by atoms with E-state index in [-0.39, 0.29) is 48.9 Å². The number of rotatable bonds is 16. The number of hydrogen-bond donors (Lipinski definition) is 8. The van der Waals surface area contributed by atoms with E-state index in [1.807, 2.05) is 60.7 Å². The minimum atomic E-state index is -5.08. The van der Waals surface area contributed by atoms with E-state index in [4.69, 9.17) is 15.6 Å². The van der Waals surface area contributed by atoms with Crippen LogP contribution in [0, 0.1) is 0 Å². The minimum Gasteiger partial charge on any atom is -0.508 e. The van der Waals surface area contributed by atoms with Gasteiger partial charge >= 0.3 is 18.2 Å². The molecule has 14 nitrogen and oxygen atoms in total. The molecule has 0 saturated carbocycles. The van der Waals surface area contributed by atoms with Crippen molar-refractivity contribution < 1.29 is 47.4 Å². The molecule has 0 aromatic heterocycles. The normalized spacial score (nSPS) is 11.7. The smallest absolute Gasteiger partial charge is 0.490 e. The second kappa shape index (κ2) is 22.6. The number of nitrogens with two attached hydrogens (primary N) is 1. The number of amides is 5. The van der Waals surface area contributed by atoms with Gasteiger partial charge in [0.05, 0.1) is 5.92 Å². The van der Waals surface area contributed by atoms with Gasteiger partial charge in [-0.25, -0.2) is 9.59 Å². The maximum absolute atomic E-state index is 13.8. The van der Waals surface area contributed by atoms with Crippen molar-refractivity contribution in [1.29, 1.82) is 0 Å². The number of carboxylic acid groups (broad SMARTS) is 1. The number of urea groups is 1. The molecule has 9 N–H and O–H groups in total. The number of nitrogens with one attached hydrogen (secondary N) is 5. The Morgan fingerprint density at radius 1 is 0.792 bits per heavy atom. The monoisotopic (exact) mass is 743 g/mol. The molecular formula is C36H44F3N7O7. The van der Waals surface area contributed by atoms with Crippen molar-refractivity contribution >= 4 is 35.7 Å². The number of phenolic OH excluding ortho intramolecular Hbond substituents is 1. The fraction of sp³-hybridized carbons (Fsp3) is 0.333. The van der Waals surface area contributed by atoms with Crippen LogP contribution < -0.4 is 32.3 Å². The third kappa shape index (κ3) is 17.1. The van der Waals surface area contributed by atoms with Gasteiger partial charge in [-0.3, -0.25) is 24.7 Å². The van der Waals surface area contributed by atoms with E-state index in [0.717, 1.165) is 16.7 Å². The van der Waals surface area contributed by atoms with Crippen molar-refractivity contribution in [2.45, 2.75) is 57.3 Å². The van der Waals surface area contributed by atoms with Crippen molar-refractivity contribution in [2.24, 2.45) is 10.7 Å². The van der Waals surface area contributed by atoms with Crippen LogP contribution in [0.2, 0.25) is 0 Å². The number of aliphatic carboxylic acids is 1. The first-order valence-corrected chi connectivity index (χ1v) is 16.6. The van der Waals surface area contributed by atoms with Crippen molar-refractivity contribution in [3.63, 3.8) is 0 Å². The topological polar surface area (TPSA) is 224 Å². The lowest BCUT2D eigenvalue weighted by Crippen LogP contribution is -2.48. The third-order valence-electron chi connectivity index (χ3n) is 7.26. The van der Waals surface area contributed by atoms with E-state index in [0.29, 0.717) is 32.4 Å². The summed E-state index contributed by atoms with van der Waals surface area (Å²) in [7, 11) is 0. The predicted octanol–water partition coefficient (Wildman–Crippen LogP) is 3.27. The lowest BCUT2D eigenvalue weighted by molar-refractivity contribution is -0.192. The molecule has 3 aromatic carbocycles. The summed E-state index contributed by atoms with van der Waals surface area (Å²) in [6, 6.07) is 23.8. The third-order valence-corrected chi connectivity index (χ3v) is 7.26. The van der Waals surface area contributed by atoms with Crippen LogP contribution in [0.1, 0.15) is 55.2 Å². The van der Waals surface area contributed by atoms with E-state index >= 15 is 0 Å². The van der Waals surface area contributed by atoms with Crippen LogP contribution in [-0.2, 0) is 25.7 Å². The summed E-state index contributed by atoms with van der Waals surface area (Å²) >= 11 is 0. The molecule has 17 heteroatoms. The molecular weight excluding hydrogens is 699 g/mol. The van der Waals surface area contributed by atoms with Crippen molar-refractivity contribution in [3.05, 3.63) is 102 Å². The second-order valence-electron chi connectivity index (χ2n) is 11.3. The van der Waals surface area contributed by atoms with Crippen LogP contribution in [-0.4, -0.2) is 77.7 Å². The predicted molar refractivity (Wildman–Crippen MR) is 190 cm³/mol.